The minimum absolute atomic E-state index is 0.0765. The third-order valence-electron chi connectivity index (χ3n) is 3.26. The van der Waals surface area contributed by atoms with Gasteiger partial charge in [0.25, 0.3) is 0 Å². The quantitative estimate of drug-likeness (QED) is 0.760. The maximum absolute atomic E-state index is 10.9. The van der Waals surface area contributed by atoms with E-state index in [-0.39, 0.29) is 5.91 Å². The van der Waals surface area contributed by atoms with Crippen molar-refractivity contribution < 1.29 is 9.53 Å². The number of carbonyl (C=O) groups is 1. The molecule has 3 aromatic rings. The highest BCUT2D eigenvalue weighted by molar-refractivity contribution is 5.77. The SMILES string of the molecule is CC(=O)NCc1nc2ccc(OCc3ccccc3)cc2[nH]1. The Bertz CT molecular complexity index is 781. The van der Waals surface area contributed by atoms with Crippen LogP contribution < -0.4 is 10.1 Å². The van der Waals surface area contributed by atoms with Gasteiger partial charge in [0.15, 0.2) is 0 Å². The zero-order valence-electron chi connectivity index (χ0n) is 12.3. The molecule has 0 atom stereocenters. The maximum atomic E-state index is 10.9. The van der Waals surface area contributed by atoms with E-state index >= 15 is 0 Å². The summed E-state index contributed by atoms with van der Waals surface area (Å²) in [6.07, 6.45) is 0. The van der Waals surface area contributed by atoms with Gasteiger partial charge in [0.1, 0.15) is 18.2 Å². The normalized spacial score (nSPS) is 10.6. The van der Waals surface area contributed by atoms with Crippen LogP contribution in [0.1, 0.15) is 18.3 Å². The molecule has 1 heterocycles. The number of hydrogen-bond acceptors (Lipinski definition) is 3. The van der Waals surface area contributed by atoms with Gasteiger partial charge in [0.05, 0.1) is 17.6 Å². The summed E-state index contributed by atoms with van der Waals surface area (Å²) in [5.74, 6) is 1.43. The lowest BCUT2D eigenvalue weighted by Gasteiger charge is -2.05. The summed E-state index contributed by atoms with van der Waals surface area (Å²) < 4.78 is 5.79. The van der Waals surface area contributed by atoms with Gasteiger partial charge < -0.3 is 15.0 Å². The monoisotopic (exact) mass is 295 g/mol. The van der Waals surface area contributed by atoms with Gasteiger partial charge in [0, 0.05) is 13.0 Å². The van der Waals surface area contributed by atoms with Crippen molar-refractivity contribution in [3.05, 3.63) is 59.9 Å². The highest BCUT2D eigenvalue weighted by atomic mass is 16.5. The molecule has 0 saturated heterocycles. The number of aromatic amines is 1. The van der Waals surface area contributed by atoms with E-state index in [4.69, 9.17) is 4.74 Å². The maximum Gasteiger partial charge on any atom is 0.217 e. The average molecular weight is 295 g/mol. The van der Waals surface area contributed by atoms with E-state index in [1.165, 1.54) is 6.92 Å². The molecule has 0 aliphatic heterocycles. The van der Waals surface area contributed by atoms with Gasteiger partial charge >= 0.3 is 0 Å². The van der Waals surface area contributed by atoms with Gasteiger partial charge in [-0.05, 0) is 17.7 Å². The Morgan fingerprint density at radius 1 is 1.23 bits per heavy atom. The first kappa shape index (κ1) is 14.1. The molecule has 0 aliphatic rings. The lowest BCUT2D eigenvalue weighted by Crippen LogP contribution is -2.19. The summed E-state index contributed by atoms with van der Waals surface area (Å²) in [7, 11) is 0. The fraction of sp³-hybridized carbons (Fsp3) is 0.176. The van der Waals surface area contributed by atoms with Crippen LogP contribution in [-0.2, 0) is 17.9 Å². The van der Waals surface area contributed by atoms with E-state index in [2.05, 4.69) is 15.3 Å². The topological polar surface area (TPSA) is 67.0 Å². The van der Waals surface area contributed by atoms with Crippen LogP contribution in [0.2, 0.25) is 0 Å². The summed E-state index contributed by atoms with van der Waals surface area (Å²) in [4.78, 5) is 18.5. The number of ether oxygens (including phenoxy) is 1. The minimum atomic E-state index is -0.0765. The van der Waals surface area contributed by atoms with Gasteiger partial charge in [-0.3, -0.25) is 4.79 Å². The van der Waals surface area contributed by atoms with E-state index < -0.39 is 0 Å². The summed E-state index contributed by atoms with van der Waals surface area (Å²) >= 11 is 0. The van der Waals surface area contributed by atoms with Gasteiger partial charge in [0.2, 0.25) is 5.91 Å². The van der Waals surface area contributed by atoms with E-state index in [1.54, 1.807) is 0 Å². The molecule has 5 nitrogen and oxygen atoms in total. The molecule has 0 aliphatic carbocycles. The first-order valence-corrected chi connectivity index (χ1v) is 7.10. The zero-order valence-corrected chi connectivity index (χ0v) is 12.3. The number of benzene rings is 2. The van der Waals surface area contributed by atoms with Crippen molar-refractivity contribution in [2.75, 3.05) is 0 Å². The Kier molecular flexibility index (Phi) is 4.05. The van der Waals surface area contributed by atoms with Crippen molar-refractivity contribution in [1.82, 2.24) is 15.3 Å². The van der Waals surface area contributed by atoms with Crippen LogP contribution in [0.5, 0.6) is 5.75 Å². The van der Waals surface area contributed by atoms with Crippen LogP contribution in [0.15, 0.2) is 48.5 Å². The second kappa shape index (κ2) is 6.30. The van der Waals surface area contributed by atoms with Gasteiger partial charge in [-0.15, -0.1) is 0 Å². The molecule has 0 saturated carbocycles. The minimum Gasteiger partial charge on any atom is -0.489 e. The molecule has 2 N–H and O–H groups in total. The van der Waals surface area contributed by atoms with Crippen molar-refractivity contribution in [2.45, 2.75) is 20.1 Å². The van der Waals surface area contributed by atoms with Gasteiger partial charge in [-0.2, -0.15) is 0 Å². The standard InChI is InChI=1S/C17H17N3O2/c1-12(21)18-10-17-19-15-8-7-14(9-16(15)20-17)22-11-13-5-3-2-4-6-13/h2-9H,10-11H2,1H3,(H,18,21)(H,19,20). The fourth-order valence-electron chi connectivity index (χ4n) is 2.16. The molecule has 0 unspecified atom stereocenters. The molecule has 0 bridgehead atoms. The van der Waals surface area contributed by atoms with E-state index in [0.29, 0.717) is 13.2 Å². The first-order valence-electron chi connectivity index (χ1n) is 7.10. The first-order chi connectivity index (χ1) is 10.7. The molecule has 22 heavy (non-hydrogen) atoms. The number of nitrogens with zero attached hydrogens (tertiary/aromatic N) is 1. The van der Waals surface area contributed by atoms with Crippen LogP contribution in [0.4, 0.5) is 0 Å². The number of nitrogens with one attached hydrogen (secondary N) is 2. The Hall–Kier alpha value is -2.82. The second-order valence-corrected chi connectivity index (χ2v) is 5.05. The molecular weight excluding hydrogens is 278 g/mol. The van der Waals surface area contributed by atoms with Crippen molar-refractivity contribution in [1.29, 1.82) is 0 Å². The molecule has 0 fully saturated rings. The fourth-order valence-corrected chi connectivity index (χ4v) is 2.16. The van der Waals surface area contributed by atoms with Crippen molar-refractivity contribution in [3.63, 3.8) is 0 Å². The van der Waals surface area contributed by atoms with Crippen LogP contribution in [-0.4, -0.2) is 15.9 Å². The van der Waals surface area contributed by atoms with Crippen LogP contribution in [0.25, 0.3) is 11.0 Å². The molecule has 5 heteroatoms. The van der Waals surface area contributed by atoms with Gasteiger partial charge in [-0.25, -0.2) is 4.98 Å². The third-order valence-corrected chi connectivity index (χ3v) is 3.26. The lowest BCUT2D eigenvalue weighted by atomic mass is 10.2. The number of H-pyrrole nitrogens is 1. The number of rotatable bonds is 5. The Morgan fingerprint density at radius 3 is 2.82 bits per heavy atom. The van der Waals surface area contributed by atoms with Crippen LogP contribution in [0, 0.1) is 0 Å². The molecule has 1 amide bonds. The molecule has 3 rings (SSSR count). The van der Waals surface area contributed by atoms with Crippen molar-refractivity contribution in [3.8, 4) is 5.75 Å². The Balaban J connectivity index is 1.70. The van der Waals surface area contributed by atoms with E-state index in [0.717, 1.165) is 28.2 Å². The smallest absolute Gasteiger partial charge is 0.217 e. The highest BCUT2D eigenvalue weighted by Gasteiger charge is 2.05. The zero-order chi connectivity index (χ0) is 15.4. The highest BCUT2D eigenvalue weighted by Crippen LogP contribution is 2.20. The van der Waals surface area contributed by atoms with Crippen molar-refractivity contribution in [2.24, 2.45) is 0 Å². The summed E-state index contributed by atoms with van der Waals surface area (Å²) in [6, 6.07) is 15.7. The molecular formula is C17H17N3O2. The molecule has 2 aromatic carbocycles. The Morgan fingerprint density at radius 2 is 2.05 bits per heavy atom. The predicted octanol–water partition coefficient (Wildman–Crippen LogP) is 2.78. The van der Waals surface area contributed by atoms with E-state index in [1.807, 2.05) is 48.5 Å². The second-order valence-electron chi connectivity index (χ2n) is 5.05. The number of amides is 1. The van der Waals surface area contributed by atoms with Crippen LogP contribution in [0.3, 0.4) is 0 Å². The predicted molar refractivity (Wildman–Crippen MR) is 84.4 cm³/mol. The largest absolute Gasteiger partial charge is 0.489 e. The average Bonchev–Trinajstić information content (AvgIpc) is 2.94. The van der Waals surface area contributed by atoms with Gasteiger partial charge in [-0.1, -0.05) is 30.3 Å². The Labute approximate surface area is 128 Å². The van der Waals surface area contributed by atoms with E-state index in [9.17, 15) is 4.79 Å². The summed E-state index contributed by atoms with van der Waals surface area (Å²) in [6.45, 7) is 2.40. The van der Waals surface area contributed by atoms with Crippen molar-refractivity contribution >= 4 is 16.9 Å². The third kappa shape index (κ3) is 3.44. The molecule has 0 spiro atoms. The number of carbonyl (C=O) groups excluding carboxylic acids is 1. The number of imidazole rings is 1. The number of fused-ring (bicyclic) bond motifs is 1. The molecule has 0 radical (unpaired) electrons. The van der Waals surface area contributed by atoms with Crippen LogP contribution >= 0.6 is 0 Å². The molecule has 1 aromatic heterocycles. The number of hydrogen-bond donors (Lipinski definition) is 2. The summed E-state index contributed by atoms with van der Waals surface area (Å²) in [5.41, 5.74) is 2.87. The summed E-state index contributed by atoms with van der Waals surface area (Å²) in [5, 5.41) is 2.72. The molecule has 112 valence electrons. The number of aromatic nitrogens is 2. The lowest BCUT2D eigenvalue weighted by molar-refractivity contribution is -0.119.